The van der Waals surface area contributed by atoms with E-state index in [1.165, 1.54) is 41.3 Å². The van der Waals surface area contributed by atoms with Gasteiger partial charge in [-0.3, -0.25) is 14.9 Å². The van der Waals surface area contributed by atoms with Crippen molar-refractivity contribution in [2.45, 2.75) is 42.5 Å². The summed E-state index contributed by atoms with van der Waals surface area (Å²) < 4.78 is 5.78. The first-order valence-electron chi connectivity index (χ1n) is 8.68. The van der Waals surface area contributed by atoms with Crippen LogP contribution in [0, 0.1) is 17.0 Å². The van der Waals surface area contributed by atoms with Crippen LogP contribution in [0.3, 0.4) is 0 Å². The summed E-state index contributed by atoms with van der Waals surface area (Å²) in [5.74, 6) is -0.472. The van der Waals surface area contributed by atoms with Gasteiger partial charge in [-0.05, 0) is 39.8 Å². The highest BCUT2D eigenvalue weighted by molar-refractivity contribution is 8.01. The minimum Gasteiger partial charge on any atom is -0.444 e. The fourth-order valence-electron chi connectivity index (χ4n) is 2.12. The highest BCUT2D eigenvalue weighted by Gasteiger charge is 2.20. The number of aromatic nitrogens is 1. The Morgan fingerprint density at radius 2 is 1.97 bits per heavy atom. The number of nitro groups is 1. The van der Waals surface area contributed by atoms with Crippen LogP contribution in [0.5, 0.6) is 0 Å². The number of nitro benzene ring substituents is 1. The van der Waals surface area contributed by atoms with Gasteiger partial charge in [0.15, 0.2) is 4.34 Å². The quantitative estimate of drug-likeness (QED) is 0.383. The molecule has 0 fully saturated rings. The predicted molar refractivity (Wildman–Crippen MR) is 111 cm³/mol. The van der Waals surface area contributed by atoms with Crippen LogP contribution in [-0.4, -0.2) is 40.6 Å². The van der Waals surface area contributed by atoms with Crippen LogP contribution in [0.15, 0.2) is 32.8 Å². The van der Waals surface area contributed by atoms with Gasteiger partial charge in [-0.25, -0.2) is 9.78 Å². The molecule has 0 atom stereocenters. The van der Waals surface area contributed by atoms with Gasteiger partial charge < -0.3 is 15.4 Å². The number of benzene rings is 1. The largest absolute Gasteiger partial charge is 0.444 e. The third-order valence-corrected chi connectivity index (χ3v) is 5.41. The Balaban J connectivity index is 1.95. The first-order valence-corrected chi connectivity index (χ1v) is 10.4. The third-order valence-electron chi connectivity index (χ3n) is 3.29. The molecule has 0 radical (unpaired) electrons. The predicted octanol–water partition coefficient (Wildman–Crippen LogP) is 3.77. The van der Waals surface area contributed by atoms with E-state index in [-0.39, 0.29) is 24.3 Å². The molecule has 156 valence electrons. The lowest BCUT2D eigenvalue weighted by Crippen LogP contribution is -2.37. The second-order valence-corrected chi connectivity index (χ2v) is 9.13. The van der Waals surface area contributed by atoms with Crippen LogP contribution in [0.1, 0.15) is 36.8 Å². The maximum atomic E-state index is 12.3. The molecule has 0 aliphatic carbocycles. The number of hydrogen-bond donors (Lipinski definition) is 2. The van der Waals surface area contributed by atoms with E-state index >= 15 is 0 Å². The average molecular weight is 439 g/mol. The smallest absolute Gasteiger partial charge is 0.407 e. The summed E-state index contributed by atoms with van der Waals surface area (Å²) in [7, 11) is 0. The molecule has 1 heterocycles. The lowest BCUT2D eigenvalue weighted by atomic mass is 10.2. The minimum absolute atomic E-state index is 0.154. The van der Waals surface area contributed by atoms with Gasteiger partial charge in [0.25, 0.3) is 11.6 Å². The summed E-state index contributed by atoms with van der Waals surface area (Å²) in [6, 6.07) is 4.29. The number of carbonyl (C=O) groups is 2. The first kappa shape index (κ1) is 22.6. The van der Waals surface area contributed by atoms with Crippen molar-refractivity contribution >= 4 is 40.8 Å². The van der Waals surface area contributed by atoms with Crippen molar-refractivity contribution in [3.63, 3.8) is 0 Å². The van der Waals surface area contributed by atoms with Gasteiger partial charge in [-0.2, -0.15) is 0 Å². The van der Waals surface area contributed by atoms with Gasteiger partial charge in [0.05, 0.1) is 9.82 Å². The highest BCUT2D eigenvalue weighted by Crippen LogP contribution is 2.36. The number of nitrogens with zero attached hydrogens (tertiary/aromatic N) is 2. The van der Waals surface area contributed by atoms with Crippen molar-refractivity contribution in [3.8, 4) is 0 Å². The maximum absolute atomic E-state index is 12.3. The molecule has 1 aromatic heterocycles. The molecule has 2 N–H and O–H groups in total. The van der Waals surface area contributed by atoms with Gasteiger partial charge >= 0.3 is 6.09 Å². The number of amides is 2. The molecule has 0 bridgehead atoms. The molecular formula is C18H22N4O5S2. The fraction of sp³-hybridized carbons (Fsp3) is 0.389. The monoisotopic (exact) mass is 438 g/mol. The van der Waals surface area contributed by atoms with Gasteiger partial charge in [0.2, 0.25) is 0 Å². The van der Waals surface area contributed by atoms with Crippen molar-refractivity contribution < 1.29 is 19.2 Å². The molecule has 9 nitrogen and oxygen atoms in total. The summed E-state index contributed by atoms with van der Waals surface area (Å²) in [5, 5.41) is 18.4. The molecule has 2 amide bonds. The number of rotatable bonds is 7. The number of aryl methyl sites for hydroxylation is 1. The Bertz CT molecular complexity index is 908. The topological polar surface area (TPSA) is 123 Å². The van der Waals surface area contributed by atoms with Crippen molar-refractivity contribution in [2.75, 3.05) is 13.1 Å². The van der Waals surface area contributed by atoms with Crippen molar-refractivity contribution in [2.24, 2.45) is 0 Å². The van der Waals surface area contributed by atoms with E-state index in [9.17, 15) is 19.7 Å². The van der Waals surface area contributed by atoms with Crippen LogP contribution in [0.2, 0.25) is 0 Å². The SMILES string of the molecule is Cc1csc(Sc2ccc(C(=O)NCCNC(=O)OC(C)(C)C)cc2[N+](=O)[O-])n1. The van der Waals surface area contributed by atoms with E-state index in [0.717, 1.165) is 5.69 Å². The van der Waals surface area contributed by atoms with Crippen LogP contribution >= 0.6 is 23.1 Å². The number of ether oxygens (including phenoxy) is 1. The van der Waals surface area contributed by atoms with E-state index in [1.807, 2.05) is 12.3 Å². The van der Waals surface area contributed by atoms with E-state index < -0.39 is 22.5 Å². The summed E-state index contributed by atoms with van der Waals surface area (Å²) >= 11 is 2.59. The Labute approximate surface area is 176 Å². The molecule has 0 aliphatic rings. The van der Waals surface area contributed by atoms with Crippen molar-refractivity contribution in [3.05, 3.63) is 45.0 Å². The summed E-state index contributed by atoms with van der Waals surface area (Å²) in [6.45, 7) is 7.41. The zero-order chi connectivity index (χ0) is 21.6. The van der Waals surface area contributed by atoms with E-state index in [2.05, 4.69) is 15.6 Å². The number of carbonyl (C=O) groups excluding carboxylic acids is 2. The first-order chi connectivity index (χ1) is 13.5. The Hall–Kier alpha value is -2.66. The van der Waals surface area contributed by atoms with Crippen LogP contribution < -0.4 is 10.6 Å². The molecule has 0 unspecified atom stereocenters. The summed E-state index contributed by atoms with van der Waals surface area (Å²) in [4.78, 5) is 39.4. The van der Waals surface area contributed by atoms with Crippen molar-refractivity contribution in [1.29, 1.82) is 0 Å². The molecule has 0 aliphatic heterocycles. The average Bonchev–Trinajstić information content (AvgIpc) is 3.02. The number of hydrogen-bond acceptors (Lipinski definition) is 8. The van der Waals surface area contributed by atoms with Gasteiger partial charge in [-0.1, -0.05) is 11.8 Å². The zero-order valence-corrected chi connectivity index (χ0v) is 18.1. The zero-order valence-electron chi connectivity index (χ0n) is 16.5. The molecule has 2 aromatic rings. The standard InChI is InChI=1S/C18H22N4O5S2/c1-11-10-28-17(21-11)29-14-6-5-12(9-13(14)22(25)26)15(23)19-7-8-20-16(24)27-18(2,3)4/h5-6,9-10H,7-8H2,1-4H3,(H,19,23)(H,20,24). The molecule has 11 heteroatoms. The summed E-state index contributed by atoms with van der Waals surface area (Å²) in [6.07, 6.45) is -0.582. The molecule has 2 rings (SSSR count). The number of thiazole rings is 1. The number of nitrogens with one attached hydrogen (secondary N) is 2. The molecule has 0 spiro atoms. The third kappa shape index (κ3) is 7.35. The minimum atomic E-state index is -0.608. The Morgan fingerprint density at radius 1 is 1.28 bits per heavy atom. The van der Waals surface area contributed by atoms with E-state index in [4.69, 9.17) is 4.74 Å². The molecule has 0 saturated carbocycles. The van der Waals surface area contributed by atoms with E-state index in [0.29, 0.717) is 9.24 Å². The van der Waals surface area contributed by atoms with E-state index in [1.54, 1.807) is 20.8 Å². The molecular weight excluding hydrogens is 416 g/mol. The molecule has 29 heavy (non-hydrogen) atoms. The second-order valence-electron chi connectivity index (χ2n) is 6.98. The van der Waals surface area contributed by atoms with Crippen LogP contribution in [0.4, 0.5) is 10.5 Å². The van der Waals surface area contributed by atoms with Gasteiger partial charge in [0.1, 0.15) is 5.60 Å². The maximum Gasteiger partial charge on any atom is 0.407 e. The molecule has 1 aromatic carbocycles. The lowest BCUT2D eigenvalue weighted by Gasteiger charge is -2.19. The second kappa shape index (κ2) is 9.70. The molecule has 0 saturated heterocycles. The van der Waals surface area contributed by atoms with Gasteiger partial charge in [0, 0.05) is 35.8 Å². The van der Waals surface area contributed by atoms with Crippen LogP contribution in [0.25, 0.3) is 0 Å². The Kier molecular flexibility index (Phi) is 7.57. The van der Waals surface area contributed by atoms with Crippen LogP contribution in [-0.2, 0) is 4.74 Å². The normalized spacial score (nSPS) is 11.0. The number of alkyl carbamates (subject to hydrolysis) is 1. The van der Waals surface area contributed by atoms with Gasteiger partial charge in [-0.15, -0.1) is 11.3 Å². The Morgan fingerprint density at radius 3 is 2.55 bits per heavy atom. The fourth-order valence-corrected chi connectivity index (χ4v) is 4.00. The summed E-state index contributed by atoms with van der Waals surface area (Å²) in [5.41, 5.74) is 0.232. The lowest BCUT2D eigenvalue weighted by molar-refractivity contribution is -0.387. The highest BCUT2D eigenvalue weighted by atomic mass is 32.2. The van der Waals surface area contributed by atoms with Crippen molar-refractivity contribution in [1.82, 2.24) is 15.6 Å².